The molecule has 0 fully saturated rings. The largest absolute Gasteiger partial charge is 0.306 e. The van der Waals surface area contributed by atoms with Gasteiger partial charge in [-0.25, -0.2) is 0 Å². The van der Waals surface area contributed by atoms with Crippen LogP contribution in [0, 0.1) is 10.5 Å². The van der Waals surface area contributed by atoms with Gasteiger partial charge in [0.2, 0.25) is 0 Å². The Hall–Kier alpha value is 0.0900. The van der Waals surface area contributed by atoms with Crippen molar-refractivity contribution < 1.29 is 0 Å². The van der Waals surface area contributed by atoms with Gasteiger partial charge in [-0.2, -0.15) is 11.3 Å². The number of aryl methyl sites for hydroxylation is 1. The average molecular weight is 450 g/mol. The Morgan fingerprint density at radius 2 is 2.11 bits per heavy atom. The van der Waals surface area contributed by atoms with Gasteiger partial charge in [0.15, 0.2) is 0 Å². The van der Waals surface area contributed by atoms with Gasteiger partial charge in [0.05, 0.1) is 6.04 Å². The standard InChI is InChI=1S/C15H17BrINS/c1-3-7-18-15(12-8-19-9-13(12)16)11-6-4-5-10(2)14(11)17/h4-6,8-9,15,18H,3,7H2,1-2H3. The summed E-state index contributed by atoms with van der Waals surface area (Å²) in [6.07, 6.45) is 1.14. The van der Waals surface area contributed by atoms with E-state index in [4.69, 9.17) is 0 Å². The van der Waals surface area contributed by atoms with Crippen molar-refractivity contribution in [1.29, 1.82) is 0 Å². The van der Waals surface area contributed by atoms with Crippen LogP contribution in [0.1, 0.15) is 36.1 Å². The van der Waals surface area contributed by atoms with Gasteiger partial charge in [0.25, 0.3) is 0 Å². The van der Waals surface area contributed by atoms with Crippen molar-refractivity contribution in [1.82, 2.24) is 5.32 Å². The van der Waals surface area contributed by atoms with Crippen LogP contribution in [0.5, 0.6) is 0 Å². The molecule has 0 saturated heterocycles. The van der Waals surface area contributed by atoms with Gasteiger partial charge in [-0.1, -0.05) is 25.1 Å². The predicted molar refractivity (Wildman–Crippen MR) is 96.1 cm³/mol. The van der Waals surface area contributed by atoms with Crippen molar-refractivity contribution in [2.24, 2.45) is 0 Å². The van der Waals surface area contributed by atoms with Crippen molar-refractivity contribution in [2.75, 3.05) is 6.54 Å². The second-order valence-corrected chi connectivity index (χ2v) is 7.22. The zero-order chi connectivity index (χ0) is 13.8. The Labute approximate surface area is 141 Å². The molecule has 4 heteroatoms. The molecule has 1 aromatic heterocycles. The molecular weight excluding hydrogens is 433 g/mol. The van der Waals surface area contributed by atoms with Crippen molar-refractivity contribution >= 4 is 49.9 Å². The van der Waals surface area contributed by atoms with Crippen LogP contribution in [0.3, 0.4) is 0 Å². The topological polar surface area (TPSA) is 12.0 Å². The van der Waals surface area contributed by atoms with Gasteiger partial charge in [-0.15, -0.1) is 0 Å². The van der Waals surface area contributed by atoms with E-state index in [9.17, 15) is 0 Å². The fraction of sp³-hybridized carbons (Fsp3) is 0.333. The lowest BCUT2D eigenvalue weighted by atomic mass is 9.99. The summed E-state index contributed by atoms with van der Waals surface area (Å²) in [6.45, 7) is 5.40. The quantitative estimate of drug-likeness (QED) is 0.593. The summed E-state index contributed by atoms with van der Waals surface area (Å²) in [5.74, 6) is 0. The highest BCUT2D eigenvalue weighted by atomic mass is 127. The fourth-order valence-corrected chi connectivity index (χ4v) is 4.29. The lowest BCUT2D eigenvalue weighted by Crippen LogP contribution is -2.24. The second-order valence-electron chi connectivity index (χ2n) is 4.54. The first-order chi connectivity index (χ1) is 9.15. The maximum absolute atomic E-state index is 3.67. The summed E-state index contributed by atoms with van der Waals surface area (Å²) >= 11 is 7.87. The van der Waals surface area contributed by atoms with E-state index in [1.165, 1.54) is 24.7 Å². The molecule has 0 aliphatic heterocycles. The first-order valence-electron chi connectivity index (χ1n) is 6.35. The lowest BCUT2D eigenvalue weighted by molar-refractivity contribution is 0.596. The van der Waals surface area contributed by atoms with Gasteiger partial charge in [-0.05, 0) is 80.5 Å². The van der Waals surface area contributed by atoms with E-state index in [0.717, 1.165) is 13.0 Å². The first-order valence-corrected chi connectivity index (χ1v) is 9.16. The van der Waals surface area contributed by atoms with E-state index in [1.54, 1.807) is 11.3 Å². The molecule has 2 rings (SSSR count). The summed E-state index contributed by atoms with van der Waals surface area (Å²) in [7, 11) is 0. The molecule has 1 nitrogen and oxygen atoms in total. The first kappa shape index (κ1) is 15.5. The molecule has 0 aliphatic rings. The Bertz CT molecular complexity index is 553. The normalized spacial score (nSPS) is 12.6. The summed E-state index contributed by atoms with van der Waals surface area (Å²) in [5, 5.41) is 8.05. The minimum atomic E-state index is 0.271. The number of hydrogen-bond donors (Lipinski definition) is 1. The van der Waals surface area contributed by atoms with Gasteiger partial charge >= 0.3 is 0 Å². The summed E-state index contributed by atoms with van der Waals surface area (Å²) in [5.41, 5.74) is 4.04. The number of rotatable bonds is 5. The summed E-state index contributed by atoms with van der Waals surface area (Å²) in [6, 6.07) is 6.82. The Kier molecular flexibility index (Phi) is 5.87. The molecule has 0 aliphatic carbocycles. The van der Waals surface area contributed by atoms with Gasteiger partial charge in [-0.3, -0.25) is 0 Å². The molecule has 0 spiro atoms. The molecule has 1 N–H and O–H groups in total. The molecule has 19 heavy (non-hydrogen) atoms. The molecule has 2 aromatic rings. The number of benzene rings is 1. The number of hydrogen-bond acceptors (Lipinski definition) is 2. The zero-order valence-electron chi connectivity index (χ0n) is 11.0. The minimum absolute atomic E-state index is 0.271. The molecule has 1 unspecified atom stereocenters. The smallest absolute Gasteiger partial charge is 0.0606 e. The van der Waals surface area contributed by atoms with E-state index < -0.39 is 0 Å². The highest BCUT2D eigenvalue weighted by Crippen LogP contribution is 2.34. The van der Waals surface area contributed by atoms with E-state index in [1.807, 2.05) is 0 Å². The SMILES string of the molecule is CCCNC(c1cscc1Br)c1cccc(C)c1I. The predicted octanol–water partition coefficient (Wildman–Crippen LogP) is 5.51. The molecule has 1 heterocycles. The summed E-state index contributed by atoms with van der Waals surface area (Å²) < 4.78 is 2.55. The van der Waals surface area contributed by atoms with Gasteiger partial charge in [0, 0.05) is 13.4 Å². The highest BCUT2D eigenvalue weighted by Gasteiger charge is 2.19. The van der Waals surface area contributed by atoms with Crippen molar-refractivity contribution in [2.45, 2.75) is 26.3 Å². The number of halogens is 2. The van der Waals surface area contributed by atoms with Crippen LogP contribution in [-0.2, 0) is 0 Å². The van der Waals surface area contributed by atoms with E-state index in [0.29, 0.717) is 0 Å². The van der Waals surface area contributed by atoms with Crippen LogP contribution in [0.2, 0.25) is 0 Å². The maximum atomic E-state index is 3.67. The Morgan fingerprint density at radius 3 is 2.74 bits per heavy atom. The monoisotopic (exact) mass is 449 g/mol. The van der Waals surface area contributed by atoms with Crippen LogP contribution in [0.25, 0.3) is 0 Å². The Morgan fingerprint density at radius 1 is 1.32 bits per heavy atom. The van der Waals surface area contributed by atoms with Crippen LogP contribution >= 0.6 is 49.9 Å². The minimum Gasteiger partial charge on any atom is -0.306 e. The zero-order valence-corrected chi connectivity index (χ0v) is 15.6. The average Bonchev–Trinajstić information content (AvgIpc) is 2.81. The van der Waals surface area contributed by atoms with Crippen molar-refractivity contribution in [3.05, 3.63) is 53.7 Å². The van der Waals surface area contributed by atoms with E-state index in [2.05, 4.69) is 86.6 Å². The van der Waals surface area contributed by atoms with E-state index in [-0.39, 0.29) is 6.04 Å². The molecule has 0 bridgehead atoms. The molecule has 1 aromatic carbocycles. The third-order valence-electron chi connectivity index (χ3n) is 3.08. The van der Waals surface area contributed by atoms with Crippen LogP contribution in [-0.4, -0.2) is 6.54 Å². The molecule has 0 saturated carbocycles. The van der Waals surface area contributed by atoms with Crippen molar-refractivity contribution in [3.63, 3.8) is 0 Å². The van der Waals surface area contributed by atoms with Crippen LogP contribution < -0.4 is 5.32 Å². The van der Waals surface area contributed by atoms with Gasteiger partial charge < -0.3 is 5.32 Å². The number of nitrogens with one attached hydrogen (secondary N) is 1. The van der Waals surface area contributed by atoms with Crippen LogP contribution in [0.15, 0.2) is 33.4 Å². The Balaban J connectivity index is 2.43. The third kappa shape index (κ3) is 3.60. The maximum Gasteiger partial charge on any atom is 0.0606 e. The molecule has 102 valence electrons. The van der Waals surface area contributed by atoms with Crippen LogP contribution in [0.4, 0.5) is 0 Å². The molecule has 1 atom stereocenters. The lowest BCUT2D eigenvalue weighted by Gasteiger charge is -2.21. The van der Waals surface area contributed by atoms with E-state index >= 15 is 0 Å². The molecule has 0 amide bonds. The molecular formula is C15H17BrINS. The second kappa shape index (κ2) is 7.20. The van der Waals surface area contributed by atoms with Crippen molar-refractivity contribution in [3.8, 4) is 0 Å². The summed E-state index contributed by atoms with van der Waals surface area (Å²) in [4.78, 5) is 0. The fourth-order valence-electron chi connectivity index (χ4n) is 2.07. The highest BCUT2D eigenvalue weighted by molar-refractivity contribution is 14.1. The molecule has 0 radical (unpaired) electrons. The number of thiophene rings is 1. The van der Waals surface area contributed by atoms with Gasteiger partial charge in [0.1, 0.15) is 0 Å². The third-order valence-corrected chi connectivity index (χ3v) is 6.31.